The van der Waals surface area contributed by atoms with Crippen molar-refractivity contribution in [1.82, 2.24) is 9.88 Å². The van der Waals surface area contributed by atoms with Gasteiger partial charge in [0.2, 0.25) is 0 Å². The summed E-state index contributed by atoms with van der Waals surface area (Å²) in [5.41, 5.74) is 1.87. The molecule has 2 rings (SSSR count). The second-order valence-electron chi connectivity index (χ2n) is 3.54. The SMILES string of the molecule is OC[C@H]1CCN(Cc2cncs2)C1. The lowest BCUT2D eigenvalue weighted by atomic mass is 10.1. The second kappa shape index (κ2) is 4.17. The Hall–Kier alpha value is -0.450. The molecule has 0 spiro atoms. The average Bonchev–Trinajstić information content (AvgIpc) is 2.76. The first-order chi connectivity index (χ1) is 6.38. The number of likely N-dealkylation sites (tertiary alicyclic amines) is 1. The van der Waals surface area contributed by atoms with E-state index in [4.69, 9.17) is 5.11 Å². The number of rotatable bonds is 3. The molecular weight excluding hydrogens is 184 g/mol. The molecule has 0 bridgehead atoms. The van der Waals surface area contributed by atoms with Crippen molar-refractivity contribution in [2.75, 3.05) is 19.7 Å². The summed E-state index contributed by atoms with van der Waals surface area (Å²) in [5, 5.41) is 8.97. The largest absolute Gasteiger partial charge is 0.396 e. The van der Waals surface area contributed by atoms with Crippen LogP contribution in [0, 0.1) is 5.92 Å². The van der Waals surface area contributed by atoms with E-state index in [-0.39, 0.29) is 0 Å². The van der Waals surface area contributed by atoms with Crippen molar-refractivity contribution in [1.29, 1.82) is 0 Å². The quantitative estimate of drug-likeness (QED) is 0.786. The van der Waals surface area contributed by atoms with Crippen molar-refractivity contribution in [2.24, 2.45) is 5.92 Å². The van der Waals surface area contributed by atoms with Gasteiger partial charge in [-0.1, -0.05) is 0 Å². The number of nitrogens with zero attached hydrogens (tertiary/aromatic N) is 2. The molecule has 0 saturated carbocycles. The van der Waals surface area contributed by atoms with Crippen LogP contribution >= 0.6 is 11.3 Å². The van der Waals surface area contributed by atoms with Crippen LogP contribution in [0.25, 0.3) is 0 Å². The van der Waals surface area contributed by atoms with Crippen LogP contribution in [-0.4, -0.2) is 34.7 Å². The van der Waals surface area contributed by atoms with Gasteiger partial charge in [-0.25, -0.2) is 0 Å². The third-order valence-corrected chi connectivity index (χ3v) is 3.26. The van der Waals surface area contributed by atoms with Gasteiger partial charge in [-0.3, -0.25) is 9.88 Å². The molecule has 0 amide bonds. The molecule has 0 aliphatic carbocycles. The molecule has 0 unspecified atom stereocenters. The molecule has 1 aliphatic rings. The van der Waals surface area contributed by atoms with Crippen LogP contribution in [0.2, 0.25) is 0 Å². The summed E-state index contributed by atoms with van der Waals surface area (Å²) in [4.78, 5) is 7.75. The first-order valence-corrected chi connectivity index (χ1v) is 5.47. The molecule has 1 aromatic rings. The zero-order chi connectivity index (χ0) is 9.10. The Balaban J connectivity index is 1.84. The highest BCUT2D eigenvalue weighted by molar-refractivity contribution is 7.09. The average molecular weight is 198 g/mol. The van der Waals surface area contributed by atoms with Crippen LogP contribution in [-0.2, 0) is 6.54 Å². The minimum atomic E-state index is 0.333. The molecule has 1 fully saturated rings. The number of aliphatic hydroxyl groups excluding tert-OH is 1. The highest BCUT2D eigenvalue weighted by atomic mass is 32.1. The van der Waals surface area contributed by atoms with Crippen molar-refractivity contribution in [2.45, 2.75) is 13.0 Å². The third-order valence-electron chi connectivity index (χ3n) is 2.49. The molecule has 3 nitrogen and oxygen atoms in total. The molecule has 2 heterocycles. The van der Waals surface area contributed by atoms with Gasteiger partial charge in [0.25, 0.3) is 0 Å². The van der Waals surface area contributed by atoms with E-state index in [1.807, 2.05) is 11.7 Å². The third kappa shape index (κ3) is 2.27. The molecule has 1 aliphatic heterocycles. The predicted octanol–water partition coefficient (Wildman–Crippen LogP) is 0.957. The van der Waals surface area contributed by atoms with Crippen LogP contribution < -0.4 is 0 Å². The molecule has 4 heteroatoms. The summed E-state index contributed by atoms with van der Waals surface area (Å²) in [5.74, 6) is 0.493. The van der Waals surface area contributed by atoms with Gasteiger partial charge in [0.15, 0.2) is 0 Å². The van der Waals surface area contributed by atoms with E-state index >= 15 is 0 Å². The number of hydrogen-bond donors (Lipinski definition) is 1. The van der Waals surface area contributed by atoms with Gasteiger partial charge in [-0.2, -0.15) is 0 Å². The molecule has 1 atom stereocenters. The van der Waals surface area contributed by atoms with Gasteiger partial charge >= 0.3 is 0 Å². The Morgan fingerprint density at radius 3 is 3.23 bits per heavy atom. The zero-order valence-corrected chi connectivity index (χ0v) is 8.33. The molecule has 0 radical (unpaired) electrons. The summed E-state index contributed by atoms with van der Waals surface area (Å²) >= 11 is 1.70. The Morgan fingerprint density at radius 2 is 2.62 bits per heavy atom. The van der Waals surface area contributed by atoms with E-state index in [2.05, 4.69) is 9.88 Å². The highest BCUT2D eigenvalue weighted by Gasteiger charge is 2.21. The zero-order valence-electron chi connectivity index (χ0n) is 7.52. The number of aliphatic hydroxyl groups is 1. The normalized spacial score (nSPS) is 23.9. The van der Waals surface area contributed by atoms with Gasteiger partial charge in [-0.15, -0.1) is 11.3 Å². The summed E-state index contributed by atoms with van der Waals surface area (Å²) in [6, 6.07) is 0. The number of hydrogen-bond acceptors (Lipinski definition) is 4. The Morgan fingerprint density at radius 1 is 1.69 bits per heavy atom. The molecule has 1 aromatic heterocycles. The van der Waals surface area contributed by atoms with Gasteiger partial charge in [0, 0.05) is 30.8 Å². The smallest absolute Gasteiger partial charge is 0.0794 e. The van der Waals surface area contributed by atoms with Crippen molar-refractivity contribution in [3.8, 4) is 0 Å². The molecule has 0 aromatic carbocycles. The predicted molar refractivity (Wildman–Crippen MR) is 52.6 cm³/mol. The lowest BCUT2D eigenvalue weighted by Gasteiger charge is -2.13. The van der Waals surface area contributed by atoms with Crippen LogP contribution in [0.5, 0.6) is 0 Å². The summed E-state index contributed by atoms with van der Waals surface area (Å²) in [6.45, 7) is 3.48. The lowest BCUT2D eigenvalue weighted by molar-refractivity contribution is 0.220. The van der Waals surface area contributed by atoms with Gasteiger partial charge in [0.05, 0.1) is 5.51 Å². The van der Waals surface area contributed by atoms with Crippen molar-refractivity contribution < 1.29 is 5.11 Å². The van der Waals surface area contributed by atoms with E-state index in [1.165, 1.54) is 4.88 Å². The fraction of sp³-hybridized carbons (Fsp3) is 0.667. The van der Waals surface area contributed by atoms with Crippen LogP contribution in [0.15, 0.2) is 11.7 Å². The summed E-state index contributed by atoms with van der Waals surface area (Å²) in [7, 11) is 0. The van der Waals surface area contributed by atoms with Crippen molar-refractivity contribution in [3.05, 3.63) is 16.6 Å². The van der Waals surface area contributed by atoms with E-state index in [1.54, 1.807) is 11.3 Å². The van der Waals surface area contributed by atoms with Gasteiger partial charge in [-0.05, 0) is 18.9 Å². The maximum Gasteiger partial charge on any atom is 0.0794 e. The standard InChI is InChI=1S/C9H14N2OS/c12-6-8-1-2-11(4-8)5-9-3-10-7-13-9/h3,7-8,12H,1-2,4-6H2/t8-/m0/s1. The molecule has 1 N–H and O–H groups in total. The molecular formula is C9H14N2OS. The fourth-order valence-corrected chi connectivity index (χ4v) is 2.38. The lowest BCUT2D eigenvalue weighted by Crippen LogP contribution is -2.20. The maximum atomic E-state index is 8.97. The molecule has 72 valence electrons. The fourth-order valence-electron chi connectivity index (χ4n) is 1.75. The van der Waals surface area contributed by atoms with E-state index < -0.39 is 0 Å². The second-order valence-corrected chi connectivity index (χ2v) is 4.51. The Kier molecular flexibility index (Phi) is 2.93. The molecule has 1 saturated heterocycles. The minimum Gasteiger partial charge on any atom is -0.396 e. The first kappa shape index (κ1) is 9.12. The van der Waals surface area contributed by atoms with Crippen molar-refractivity contribution in [3.63, 3.8) is 0 Å². The van der Waals surface area contributed by atoms with Crippen LogP contribution in [0.3, 0.4) is 0 Å². The topological polar surface area (TPSA) is 36.4 Å². The van der Waals surface area contributed by atoms with Gasteiger partial charge in [0.1, 0.15) is 0 Å². The van der Waals surface area contributed by atoms with Crippen molar-refractivity contribution >= 4 is 11.3 Å². The van der Waals surface area contributed by atoms with Gasteiger partial charge < -0.3 is 5.11 Å². The number of thiazole rings is 1. The minimum absolute atomic E-state index is 0.333. The van der Waals surface area contributed by atoms with E-state index in [9.17, 15) is 0 Å². The van der Waals surface area contributed by atoms with E-state index in [0.29, 0.717) is 12.5 Å². The summed E-state index contributed by atoms with van der Waals surface area (Å²) in [6.07, 6.45) is 3.06. The Labute approximate surface area is 82.0 Å². The van der Waals surface area contributed by atoms with Crippen LogP contribution in [0.1, 0.15) is 11.3 Å². The first-order valence-electron chi connectivity index (χ1n) is 4.59. The van der Waals surface area contributed by atoms with Crippen LogP contribution in [0.4, 0.5) is 0 Å². The Bertz CT molecular complexity index is 250. The maximum absolute atomic E-state index is 8.97. The monoisotopic (exact) mass is 198 g/mol. The number of aromatic nitrogens is 1. The molecule has 13 heavy (non-hydrogen) atoms. The summed E-state index contributed by atoms with van der Waals surface area (Å²) < 4.78 is 0. The highest BCUT2D eigenvalue weighted by Crippen LogP contribution is 2.19. The van der Waals surface area contributed by atoms with E-state index in [0.717, 1.165) is 26.1 Å².